The first kappa shape index (κ1) is 16.6. The molecule has 4 rings (SSSR count). The molecule has 0 aliphatic heterocycles. The molecule has 0 aliphatic rings. The summed E-state index contributed by atoms with van der Waals surface area (Å²) < 4.78 is 10.7. The molecule has 4 aromatic heterocycles. The van der Waals surface area contributed by atoms with Gasteiger partial charge in [0, 0.05) is 23.3 Å². The Labute approximate surface area is 157 Å². The van der Waals surface area contributed by atoms with E-state index in [2.05, 4.69) is 15.0 Å². The Morgan fingerprint density at radius 1 is 1.15 bits per heavy atom. The van der Waals surface area contributed by atoms with E-state index in [0.717, 1.165) is 15.4 Å². The molecule has 0 bridgehead atoms. The molecule has 130 valence electrons. The number of carbonyl (C=O) groups excluding carboxylic acids is 1. The average Bonchev–Trinajstić information content (AvgIpc) is 3.41. The quantitative estimate of drug-likeness (QED) is 0.464. The summed E-state index contributed by atoms with van der Waals surface area (Å²) in [5.41, 5.74) is 2.19. The topological polar surface area (TPSA) is 78.1 Å². The van der Waals surface area contributed by atoms with Crippen molar-refractivity contribution < 1.29 is 13.9 Å². The molecular weight excluding hydrogens is 370 g/mol. The van der Waals surface area contributed by atoms with Crippen molar-refractivity contribution in [1.82, 2.24) is 15.0 Å². The van der Waals surface area contributed by atoms with E-state index in [4.69, 9.17) is 9.15 Å². The zero-order valence-electron chi connectivity index (χ0n) is 13.5. The van der Waals surface area contributed by atoms with Gasteiger partial charge in [0.1, 0.15) is 23.6 Å². The Bertz CT molecular complexity index is 994. The normalized spacial score (nSPS) is 10.8. The lowest BCUT2D eigenvalue weighted by Crippen LogP contribution is -2.08. The third-order valence-corrected chi connectivity index (χ3v) is 5.25. The number of ether oxygens (including phenoxy) is 1. The van der Waals surface area contributed by atoms with Gasteiger partial charge in [0.25, 0.3) is 0 Å². The van der Waals surface area contributed by atoms with Crippen molar-refractivity contribution in [3.63, 3.8) is 0 Å². The van der Waals surface area contributed by atoms with Gasteiger partial charge in [-0.3, -0.25) is 9.78 Å². The van der Waals surface area contributed by atoms with Crippen molar-refractivity contribution >= 4 is 28.6 Å². The van der Waals surface area contributed by atoms with Crippen molar-refractivity contribution in [2.24, 2.45) is 0 Å². The predicted molar refractivity (Wildman–Crippen MR) is 98.7 cm³/mol. The summed E-state index contributed by atoms with van der Waals surface area (Å²) in [6, 6.07) is 7.64. The van der Waals surface area contributed by atoms with Gasteiger partial charge in [0.15, 0.2) is 0 Å². The lowest BCUT2D eigenvalue weighted by molar-refractivity contribution is -0.144. The summed E-state index contributed by atoms with van der Waals surface area (Å²) >= 11 is 3.02. The zero-order valence-corrected chi connectivity index (χ0v) is 15.1. The van der Waals surface area contributed by atoms with Crippen molar-refractivity contribution in [2.75, 3.05) is 0 Å². The van der Waals surface area contributed by atoms with Crippen LogP contribution >= 0.6 is 22.7 Å². The van der Waals surface area contributed by atoms with Crippen molar-refractivity contribution in [3.05, 3.63) is 65.1 Å². The molecule has 0 unspecified atom stereocenters. The first-order chi connectivity index (χ1) is 12.8. The molecule has 26 heavy (non-hydrogen) atoms. The number of pyridine rings is 1. The van der Waals surface area contributed by atoms with Gasteiger partial charge >= 0.3 is 5.97 Å². The van der Waals surface area contributed by atoms with Gasteiger partial charge in [0.2, 0.25) is 5.89 Å². The lowest BCUT2D eigenvalue weighted by atomic mass is 10.3. The summed E-state index contributed by atoms with van der Waals surface area (Å²) in [7, 11) is 0. The molecule has 0 aliphatic carbocycles. The highest BCUT2D eigenvalue weighted by Crippen LogP contribution is 2.24. The van der Waals surface area contributed by atoms with Crippen LogP contribution in [0.25, 0.3) is 21.3 Å². The molecule has 0 fully saturated rings. The van der Waals surface area contributed by atoms with Crippen molar-refractivity contribution in [1.29, 1.82) is 0 Å². The number of hydrogen-bond acceptors (Lipinski definition) is 8. The van der Waals surface area contributed by atoms with Crippen LogP contribution in [-0.4, -0.2) is 20.9 Å². The Morgan fingerprint density at radius 3 is 2.92 bits per heavy atom. The number of thiazole rings is 1. The maximum atomic E-state index is 12.0. The molecule has 4 aromatic rings. The highest BCUT2D eigenvalue weighted by atomic mass is 32.1. The summed E-state index contributed by atoms with van der Waals surface area (Å²) in [5.74, 6) is 0.181. The minimum absolute atomic E-state index is 0.0767. The average molecular weight is 383 g/mol. The van der Waals surface area contributed by atoms with E-state index >= 15 is 0 Å². The molecule has 0 saturated heterocycles. The molecule has 0 aromatic carbocycles. The van der Waals surface area contributed by atoms with E-state index in [1.165, 1.54) is 17.6 Å². The smallest absolute Gasteiger partial charge is 0.312 e. The molecule has 0 radical (unpaired) electrons. The number of carbonyl (C=O) groups is 1. The van der Waals surface area contributed by atoms with Crippen LogP contribution in [-0.2, 0) is 22.6 Å². The summed E-state index contributed by atoms with van der Waals surface area (Å²) in [4.78, 5) is 25.8. The number of nitrogens with zero attached hydrogens (tertiary/aromatic N) is 3. The summed E-state index contributed by atoms with van der Waals surface area (Å²) in [6.45, 7) is 0.0767. The molecule has 6 nitrogen and oxygen atoms in total. The maximum Gasteiger partial charge on any atom is 0.312 e. The number of aromatic nitrogens is 3. The monoisotopic (exact) mass is 383 g/mol. The predicted octanol–water partition coefficient (Wildman–Crippen LogP) is 4.21. The van der Waals surface area contributed by atoms with Crippen LogP contribution in [0.1, 0.15) is 11.4 Å². The number of hydrogen-bond donors (Lipinski definition) is 0. The number of esters is 1. The molecular formula is C18H13N3O3S2. The van der Waals surface area contributed by atoms with Crippen LogP contribution in [0.2, 0.25) is 0 Å². The Kier molecular flexibility index (Phi) is 4.85. The highest BCUT2D eigenvalue weighted by molar-refractivity contribution is 7.13. The van der Waals surface area contributed by atoms with Gasteiger partial charge in [-0.05, 0) is 23.6 Å². The minimum Gasteiger partial charge on any atom is -0.459 e. The third-order valence-electron chi connectivity index (χ3n) is 3.45. The molecule has 0 saturated carbocycles. The summed E-state index contributed by atoms with van der Waals surface area (Å²) in [5, 5.41) is 4.64. The van der Waals surface area contributed by atoms with Crippen LogP contribution in [0.4, 0.5) is 0 Å². The van der Waals surface area contributed by atoms with Gasteiger partial charge in [-0.2, -0.15) is 0 Å². The van der Waals surface area contributed by atoms with E-state index in [0.29, 0.717) is 17.3 Å². The molecule has 8 heteroatoms. The van der Waals surface area contributed by atoms with E-state index in [1.807, 2.05) is 35.0 Å². The van der Waals surface area contributed by atoms with Gasteiger partial charge in [0.05, 0.1) is 17.0 Å². The van der Waals surface area contributed by atoms with Crippen LogP contribution < -0.4 is 0 Å². The fourth-order valence-corrected chi connectivity index (χ4v) is 3.72. The van der Waals surface area contributed by atoms with Gasteiger partial charge in [-0.15, -0.1) is 22.7 Å². The van der Waals surface area contributed by atoms with Crippen LogP contribution in [0.15, 0.2) is 58.1 Å². The van der Waals surface area contributed by atoms with E-state index < -0.39 is 0 Å². The maximum absolute atomic E-state index is 12.0. The molecule has 4 heterocycles. The second kappa shape index (κ2) is 7.59. The largest absolute Gasteiger partial charge is 0.459 e. The molecule has 0 spiro atoms. The van der Waals surface area contributed by atoms with E-state index in [1.54, 1.807) is 23.7 Å². The second-order valence-electron chi connectivity index (χ2n) is 5.34. The molecule has 0 amide bonds. The SMILES string of the molecule is O=C(Cc1csc(-c2cccnc2)n1)OCc1coc(-c2cccs2)n1. The molecule has 0 N–H and O–H groups in total. The lowest BCUT2D eigenvalue weighted by Gasteiger charge is -2.00. The second-order valence-corrected chi connectivity index (χ2v) is 7.15. The fraction of sp³-hybridized carbons (Fsp3) is 0.111. The zero-order chi connectivity index (χ0) is 17.8. The third kappa shape index (κ3) is 3.87. The Hall–Kier alpha value is -2.84. The first-order valence-electron chi connectivity index (χ1n) is 7.76. The van der Waals surface area contributed by atoms with Crippen LogP contribution in [0.5, 0.6) is 0 Å². The van der Waals surface area contributed by atoms with Gasteiger partial charge < -0.3 is 9.15 Å². The van der Waals surface area contributed by atoms with Crippen LogP contribution in [0.3, 0.4) is 0 Å². The first-order valence-corrected chi connectivity index (χ1v) is 9.52. The number of rotatable bonds is 6. The van der Waals surface area contributed by atoms with Gasteiger partial charge in [-0.1, -0.05) is 6.07 Å². The van der Waals surface area contributed by atoms with Crippen LogP contribution in [0, 0.1) is 0 Å². The van der Waals surface area contributed by atoms with Gasteiger partial charge in [-0.25, -0.2) is 9.97 Å². The number of oxazole rings is 1. The Morgan fingerprint density at radius 2 is 2.12 bits per heavy atom. The standard InChI is InChI=1S/C18H13N3O3S2/c22-16(7-13-11-26-18(21-13)12-3-1-5-19-8-12)23-9-14-10-24-17(20-14)15-4-2-6-25-15/h1-6,8,10-11H,7,9H2. The Balaban J connectivity index is 1.33. The van der Waals surface area contributed by atoms with E-state index in [9.17, 15) is 4.79 Å². The number of thiophene rings is 1. The molecule has 0 atom stereocenters. The highest BCUT2D eigenvalue weighted by Gasteiger charge is 2.12. The van der Waals surface area contributed by atoms with Crippen molar-refractivity contribution in [2.45, 2.75) is 13.0 Å². The van der Waals surface area contributed by atoms with Crippen molar-refractivity contribution in [3.8, 4) is 21.3 Å². The minimum atomic E-state index is -0.353. The fourth-order valence-electron chi connectivity index (χ4n) is 2.25. The van der Waals surface area contributed by atoms with E-state index in [-0.39, 0.29) is 19.0 Å². The summed E-state index contributed by atoms with van der Waals surface area (Å²) in [6.07, 6.45) is 5.08.